The number of rotatable bonds is 3. The SMILES string of the molecule is Fc1ccc(C=CCN2CC[C@@H]3OCc4cnnn4[C@H]3C2)cc1. The Hall–Kier alpha value is -2.05. The van der Waals surface area contributed by atoms with E-state index < -0.39 is 0 Å². The molecule has 3 heterocycles. The van der Waals surface area contributed by atoms with Gasteiger partial charge in [-0.05, 0) is 24.1 Å². The third-order valence-electron chi connectivity index (χ3n) is 4.56. The Morgan fingerprint density at radius 1 is 1.30 bits per heavy atom. The van der Waals surface area contributed by atoms with Crippen molar-refractivity contribution in [1.29, 1.82) is 0 Å². The molecule has 23 heavy (non-hydrogen) atoms. The lowest BCUT2D eigenvalue weighted by atomic mass is 10.0. The molecule has 1 fully saturated rings. The van der Waals surface area contributed by atoms with Gasteiger partial charge in [0.05, 0.1) is 30.6 Å². The Morgan fingerprint density at radius 3 is 3.04 bits per heavy atom. The van der Waals surface area contributed by atoms with Gasteiger partial charge < -0.3 is 4.74 Å². The van der Waals surface area contributed by atoms with Crippen molar-refractivity contribution >= 4 is 6.08 Å². The van der Waals surface area contributed by atoms with Gasteiger partial charge in [-0.1, -0.05) is 29.5 Å². The van der Waals surface area contributed by atoms with Crippen molar-refractivity contribution in [1.82, 2.24) is 19.9 Å². The first-order valence-electron chi connectivity index (χ1n) is 7.95. The van der Waals surface area contributed by atoms with E-state index in [1.807, 2.05) is 10.8 Å². The minimum atomic E-state index is -0.204. The molecule has 2 aliphatic heterocycles. The summed E-state index contributed by atoms with van der Waals surface area (Å²) in [5, 5.41) is 8.22. The lowest BCUT2D eigenvalue weighted by molar-refractivity contribution is -0.0638. The fourth-order valence-electron chi connectivity index (χ4n) is 3.32. The van der Waals surface area contributed by atoms with E-state index in [1.54, 1.807) is 18.3 Å². The first-order valence-corrected chi connectivity index (χ1v) is 7.95. The van der Waals surface area contributed by atoms with Crippen molar-refractivity contribution in [2.24, 2.45) is 0 Å². The third kappa shape index (κ3) is 3.04. The van der Waals surface area contributed by atoms with E-state index in [1.165, 1.54) is 12.1 Å². The predicted molar refractivity (Wildman–Crippen MR) is 84.1 cm³/mol. The fourth-order valence-corrected chi connectivity index (χ4v) is 3.32. The molecule has 120 valence electrons. The maximum atomic E-state index is 12.9. The fraction of sp³-hybridized carbons (Fsp3) is 0.412. The zero-order valence-corrected chi connectivity index (χ0v) is 12.8. The number of hydrogen-bond donors (Lipinski definition) is 0. The number of likely N-dealkylation sites (tertiary alicyclic amines) is 1. The molecule has 0 amide bonds. The highest BCUT2D eigenvalue weighted by atomic mass is 19.1. The minimum Gasteiger partial charge on any atom is -0.370 e. The second-order valence-corrected chi connectivity index (χ2v) is 6.09. The van der Waals surface area contributed by atoms with Crippen molar-refractivity contribution in [2.75, 3.05) is 19.6 Å². The molecule has 0 aliphatic carbocycles. The van der Waals surface area contributed by atoms with Crippen molar-refractivity contribution in [3.8, 4) is 0 Å². The van der Waals surface area contributed by atoms with E-state index in [-0.39, 0.29) is 18.0 Å². The first-order chi connectivity index (χ1) is 11.3. The maximum Gasteiger partial charge on any atom is 0.123 e. The van der Waals surface area contributed by atoms with Crippen molar-refractivity contribution in [3.05, 3.63) is 53.6 Å². The molecule has 0 unspecified atom stereocenters. The summed E-state index contributed by atoms with van der Waals surface area (Å²) >= 11 is 0. The average molecular weight is 314 g/mol. The molecule has 1 aromatic carbocycles. The molecule has 0 bridgehead atoms. The van der Waals surface area contributed by atoms with Gasteiger partial charge in [-0.3, -0.25) is 4.90 Å². The number of piperidine rings is 1. The van der Waals surface area contributed by atoms with Gasteiger partial charge in [0.25, 0.3) is 0 Å². The van der Waals surface area contributed by atoms with Crippen LogP contribution in [0, 0.1) is 5.82 Å². The molecular formula is C17H19FN4O. The highest BCUT2D eigenvalue weighted by molar-refractivity contribution is 5.48. The van der Waals surface area contributed by atoms with Gasteiger partial charge in [0.2, 0.25) is 0 Å². The quantitative estimate of drug-likeness (QED) is 0.872. The second kappa shape index (κ2) is 6.22. The van der Waals surface area contributed by atoms with Crippen molar-refractivity contribution in [3.63, 3.8) is 0 Å². The van der Waals surface area contributed by atoms with Crippen LogP contribution >= 0.6 is 0 Å². The third-order valence-corrected chi connectivity index (χ3v) is 4.56. The molecular weight excluding hydrogens is 295 g/mol. The molecule has 2 aliphatic rings. The maximum absolute atomic E-state index is 12.9. The zero-order valence-electron chi connectivity index (χ0n) is 12.8. The topological polar surface area (TPSA) is 43.2 Å². The van der Waals surface area contributed by atoms with Gasteiger partial charge in [-0.2, -0.15) is 0 Å². The highest BCUT2D eigenvalue weighted by Gasteiger charge is 2.35. The Labute approximate surface area is 134 Å². The van der Waals surface area contributed by atoms with Gasteiger partial charge in [0.15, 0.2) is 0 Å². The number of ether oxygens (including phenoxy) is 1. The summed E-state index contributed by atoms with van der Waals surface area (Å²) in [6.07, 6.45) is 7.18. The van der Waals surface area contributed by atoms with E-state index in [2.05, 4.69) is 21.3 Å². The van der Waals surface area contributed by atoms with Crippen LogP contribution in [0.5, 0.6) is 0 Å². The van der Waals surface area contributed by atoms with Crippen LogP contribution in [-0.2, 0) is 11.3 Å². The summed E-state index contributed by atoms with van der Waals surface area (Å²) in [6, 6.07) is 6.78. The Kier molecular flexibility index (Phi) is 3.93. The van der Waals surface area contributed by atoms with E-state index in [9.17, 15) is 4.39 Å². The molecule has 2 aromatic rings. The number of nitrogens with zero attached hydrogens (tertiary/aromatic N) is 4. The monoisotopic (exact) mass is 314 g/mol. The summed E-state index contributed by atoms with van der Waals surface area (Å²) < 4.78 is 20.8. The van der Waals surface area contributed by atoms with Crippen LogP contribution < -0.4 is 0 Å². The van der Waals surface area contributed by atoms with Gasteiger partial charge in [-0.15, -0.1) is 5.10 Å². The van der Waals surface area contributed by atoms with E-state index in [4.69, 9.17) is 4.74 Å². The van der Waals surface area contributed by atoms with Crippen LogP contribution in [0.25, 0.3) is 6.08 Å². The van der Waals surface area contributed by atoms with Gasteiger partial charge in [0.1, 0.15) is 5.82 Å². The van der Waals surface area contributed by atoms with Gasteiger partial charge in [-0.25, -0.2) is 9.07 Å². The molecule has 0 saturated carbocycles. The van der Waals surface area contributed by atoms with E-state index in [0.29, 0.717) is 6.61 Å². The average Bonchev–Trinajstić information content (AvgIpc) is 3.06. The molecule has 2 atom stereocenters. The van der Waals surface area contributed by atoms with Crippen LogP contribution in [0.3, 0.4) is 0 Å². The standard InChI is InChI=1S/C17H19FN4O/c18-14-5-3-13(4-6-14)2-1-8-21-9-7-17-16(11-21)22-15(12-23-17)10-19-20-22/h1-6,10,16-17H,7-9,11-12H2/t16-,17-/m0/s1. The van der Waals surface area contributed by atoms with Crippen LogP contribution in [0.4, 0.5) is 4.39 Å². The molecule has 1 saturated heterocycles. The lowest BCUT2D eigenvalue weighted by Crippen LogP contribution is -2.47. The minimum absolute atomic E-state index is 0.204. The highest BCUT2D eigenvalue weighted by Crippen LogP contribution is 2.29. The van der Waals surface area contributed by atoms with E-state index >= 15 is 0 Å². The normalized spacial score (nSPS) is 24.6. The van der Waals surface area contributed by atoms with Crippen molar-refractivity contribution in [2.45, 2.75) is 25.2 Å². The molecule has 0 spiro atoms. The first kappa shape index (κ1) is 14.5. The largest absolute Gasteiger partial charge is 0.370 e. The number of halogens is 1. The van der Waals surface area contributed by atoms with Crippen molar-refractivity contribution < 1.29 is 9.13 Å². The van der Waals surface area contributed by atoms with Crippen LogP contribution in [-0.4, -0.2) is 45.6 Å². The molecule has 6 heteroatoms. The van der Waals surface area contributed by atoms with Gasteiger partial charge in [0, 0.05) is 19.6 Å². The molecule has 4 rings (SSSR count). The molecule has 5 nitrogen and oxygen atoms in total. The summed E-state index contributed by atoms with van der Waals surface area (Å²) in [5.41, 5.74) is 2.07. The second-order valence-electron chi connectivity index (χ2n) is 6.09. The van der Waals surface area contributed by atoms with E-state index in [0.717, 1.165) is 37.3 Å². The lowest BCUT2D eigenvalue weighted by Gasteiger charge is -2.40. The predicted octanol–water partition coefficient (Wildman–Crippen LogP) is 2.28. The summed E-state index contributed by atoms with van der Waals surface area (Å²) in [5.74, 6) is -0.204. The number of aromatic nitrogens is 3. The molecule has 1 aromatic heterocycles. The van der Waals surface area contributed by atoms with Gasteiger partial charge >= 0.3 is 0 Å². The number of hydrogen-bond acceptors (Lipinski definition) is 4. The van der Waals surface area contributed by atoms with Crippen LogP contribution in [0.2, 0.25) is 0 Å². The smallest absolute Gasteiger partial charge is 0.123 e. The number of benzene rings is 1. The summed E-state index contributed by atoms with van der Waals surface area (Å²) in [4.78, 5) is 2.39. The number of fused-ring (bicyclic) bond motifs is 3. The Bertz CT molecular complexity index is 697. The summed E-state index contributed by atoms with van der Waals surface area (Å²) in [7, 11) is 0. The molecule has 0 radical (unpaired) electrons. The Morgan fingerprint density at radius 2 is 2.17 bits per heavy atom. The van der Waals surface area contributed by atoms with Crippen LogP contribution in [0.15, 0.2) is 36.5 Å². The Balaban J connectivity index is 1.39. The van der Waals surface area contributed by atoms with Crippen LogP contribution in [0.1, 0.15) is 23.7 Å². The molecule has 0 N–H and O–H groups in total. The summed E-state index contributed by atoms with van der Waals surface area (Å²) in [6.45, 7) is 3.40. The zero-order chi connectivity index (χ0) is 15.6.